The zero-order chi connectivity index (χ0) is 18.3. The van der Waals surface area contributed by atoms with E-state index >= 15 is 0 Å². The van der Waals surface area contributed by atoms with Crippen LogP contribution in [0.3, 0.4) is 0 Å². The van der Waals surface area contributed by atoms with Crippen LogP contribution in [0.1, 0.15) is 74.5 Å². The molecule has 0 saturated heterocycles. The molecule has 2 aromatic rings. The smallest absolute Gasteiger partial charge is 0 e. The Hall–Kier alpha value is 3.92. The van der Waals surface area contributed by atoms with Crippen molar-refractivity contribution in [1.82, 2.24) is 0 Å². The van der Waals surface area contributed by atoms with Gasteiger partial charge in [0, 0.05) is 169 Å². The van der Waals surface area contributed by atoms with Gasteiger partial charge >= 0.3 is 0 Å². The quantitative estimate of drug-likeness (QED) is 0.280. The molecule has 4 rings (SSSR count). The van der Waals surface area contributed by atoms with E-state index in [1.54, 1.807) is 0 Å². The summed E-state index contributed by atoms with van der Waals surface area (Å²) in [5.41, 5.74) is 4.32. The van der Waals surface area contributed by atoms with Crippen LogP contribution in [0.15, 0.2) is 48.5 Å². The zero-order valence-corrected chi connectivity index (χ0v) is 36.0. The Labute approximate surface area is 327 Å². The van der Waals surface area contributed by atoms with Crippen molar-refractivity contribution in [2.75, 3.05) is 0 Å². The minimum absolute atomic E-state index is 0. The maximum atomic E-state index is 3.10. The second-order valence-corrected chi connectivity index (χ2v) is 9.04. The van der Waals surface area contributed by atoms with Gasteiger partial charge in [0.2, 0.25) is 0 Å². The standard InChI is InChI=1S/C27H34.Ra.Rb.2Y/c1-3-7-22(8-4-1)19-24-11-15-26(16-12-24)21-27-17-13-25(14-18-27)20-23-9-5-2-6-10-23;;;;/h1,5-6,9-10,13-14,17-18,22,24,26H,3-4,7-8,11-12,15-16,19-21H2;;;;/q-2;;;;. The van der Waals surface area contributed by atoms with Crippen LogP contribution in [-0.2, 0) is 78.3 Å². The Morgan fingerprint density at radius 2 is 1.16 bits per heavy atom. The average Bonchev–Trinajstić information content (AvgIpc) is 2.73. The van der Waals surface area contributed by atoms with Crippen LogP contribution in [0, 0.1) is 75.2 Å². The van der Waals surface area contributed by atoms with Gasteiger partial charge in [-0.25, -0.2) is 0 Å². The van der Waals surface area contributed by atoms with Crippen LogP contribution in [-0.4, -0.2) is 58.2 Å². The maximum absolute atomic E-state index is 3.10. The fourth-order valence-corrected chi connectivity index (χ4v) is 5.28. The van der Waals surface area contributed by atoms with E-state index in [0.29, 0.717) is 0 Å². The second-order valence-electron chi connectivity index (χ2n) is 9.04. The molecular weight excluding hydrogens is 814 g/mol. The summed E-state index contributed by atoms with van der Waals surface area (Å²) in [5.74, 6) is 2.97. The minimum atomic E-state index is 0. The van der Waals surface area contributed by atoms with E-state index in [0.717, 1.165) is 24.2 Å². The van der Waals surface area contributed by atoms with Crippen LogP contribution in [0.4, 0.5) is 0 Å². The van der Waals surface area contributed by atoms with Gasteiger partial charge in [0.15, 0.2) is 0 Å². The summed E-state index contributed by atoms with van der Waals surface area (Å²) in [6.45, 7) is 0. The maximum Gasteiger partial charge on any atom is 0 e. The average molecular weight is 848 g/mol. The van der Waals surface area contributed by atoms with Crippen LogP contribution in [0.5, 0.6) is 0 Å². The summed E-state index contributed by atoms with van der Waals surface area (Å²) < 4.78 is 0. The Bertz CT molecular complexity index is 678. The molecule has 2 aliphatic carbocycles. The van der Waals surface area contributed by atoms with Gasteiger partial charge in [0.1, 0.15) is 0 Å². The third-order valence-electron chi connectivity index (χ3n) is 6.93. The third kappa shape index (κ3) is 12.8. The number of benzene rings is 2. The Kier molecular flexibility index (Phi) is 22.5. The van der Waals surface area contributed by atoms with Gasteiger partial charge < -0.3 is 6.42 Å². The largest absolute Gasteiger partial charge is 0.328 e. The molecule has 2 saturated carbocycles. The van der Waals surface area contributed by atoms with E-state index in [1.807, 2.05) is 12.1 Å². The molecule has 2 aromatic carbocycles. The predicted octanol–water partition coefficient (Wildman–Crippen LogP) is 6.83. The molecule has 0 aromatic heterocycles. The van der Waals surface area contributed by atoms with E-state index in [-0.39, 0.29) is 169 Å². The molecule has 0 nitrogen and oxygen atoms in total. The second kappa shape index (κ2) is 20.0. The fraction of sp³-hybridized carbons (Fsp3) is 0.519. The summed E-state index contributed by atoms with van der Waals surface area (Å²) in [6.07, 6.45) is 17.9. The first kappa shape index (κ1) is 34.9. The predicted molar refractivity (Wildman–Crippen MR) is 120 cm³/mol. The van der Waals surface area contributed by atoms with Gasteiger partial charge in [-0.15, -0.1) is 0 Å². The molecule has 2 fully saturated rings. The number of rotatable bonds is 6. The molecule has 5 radical (unpaired) electrons. The summed E-state index contributed by atoms with van der Waals surface area (Å²) in [5, 5.41) is 0. The zero-order valence-electron chi connectivity index (χ0n) is 19.6. The van der Waals surface area contributed by atoms with E-state index in [4.69, 9.17) is 0 Å². The molecule has 0 N–H and O–H groups in total. The van der Waals surface area contributed by atoms with Crippen molar-refractivity contribution in [1.29, 1.82) is 0 Å². The molecule has 0 heterocycles. The Balaban J connectivity index is 0.00000225. The molecule has 0 bridgehead atoms. The first-order valence-electron chi connectivity index (χ1n) is 11.2. The first-order chi connectivity index (χ1) is 13.3. The molecule has 2 aliphatic rings. The summed E-state index contributed by atoms with van der Waals surface area (Å²) in [4.78, 5) is 0. The van der Waals surface area contributed by atoms with Gasteiger partial charge in [0.25, 0.3) is 0 Å². The van der Waals surface area contributed by atoms with Crippen molar-refractivity contribution >= 4 is 58.2 Å². The van der Waals surface area contributed by atoms with Gasteiger partial charge in [-0.2, -0.15) is 48.7 Å². The summed E-state index contributed by atoms with van der Waals surface area (Å²) in [6, 6.07) is 20.8. The normalized spacial score (nSPS) is 20.9. The number of hydrogen-bond donors (Lipinski definition) is 0. The van der Waals surface area contributed by atoms with Crippen molar-refractivity contribution < 1.29 is 110 Å². The summed E-state index contributed by atoms with van der Waals surface area (Å²) in [7, 11) is 0. The molecule has 153 valence electrons. The van der Waals surface area contributed by atoms with Crippen LogP contribution < -0.4 is 0 Å². The van der Waals surface area contributed by atoms with E-state index in [2.05, 4.69) is 48.9 Å². The minimum Gasteiger partial charge on any atom is -0.328 e. The Morgan fingerprint density at radius 1 is 0.677 bits per heavy atom. The molecular formula is C27H34RaRbY2-2. The van der Waals surface area contributed by atoms with Crippen molar-refractivity contribution in [3.8, 4) is 0 Å². The van der Waals surface area contributed by atoms with Gasteiger partial charge in [-0.3, -0.25) is 0 Å². The molecule has 0 amide bonds. The topological polar surface area (TPSA) is 0 Å². The van der Waals surface area contributed by atoms with Crippen molar-refractivity contribution in [2.24, 2.45) is 17.8 Å². The SMILES string of the molecule is [Ra].[Rb].[Y].[Y].[c-]1ccc(Cc2ccc(CC3CCC(CC4CC[CH-]CC4)CC3)cc2)cc1. The fourth-order valence-electron chi connectivity index (χ4n) is 5.28. The van der Waals surface area contributed by atoms with E-state index in [9.17, 15) is 0 Å². The third-order valence-corrected chi connectivity index (χ3v) is 6.93. The van der Waals surface area contributed by atoms with Crippen molar-refractivity contribution in [3.63, 3.8) is 0 Å². The molecule has 0 atom stereocenters. The molecule has 31 heavy (non-hydrogen) atoms. The van der Waals surface area contributed by atoms with Crippen LogP contribution in [0.25, 0.3) is 0 Å². The molecule has 0 unspecified atom stereocenters. The van der Waals surface area contributed by atoms with Gasteiger partial charge in [-0.1, -0.05) is 49.9 Å². The summed E-state index contributed by atoms with van der Waals surface area (Å²) >= 11 is 0. The molecule has 0 spiro atoms. The number of hydrogen-bond acceptors (Lipinski definition) is 0. The van der Waals surface area contributed by atoms with Crippen LogP contribution >= 0.6 is 0 Å². The van der Waals surface area contributed by atoms with Crippen molar-refractivity contribution in [2.45, 2.75) is 70.6 Å². The van der Waals surface area contributed by atoms with Crippen LogP contribution in [0.2, 0.25) is 0 Å². The van der Waals surface area contributed by atoms with Gasteiger partial charge in [-0.05, 0) is 61.0 Å². The molecule has 4 heteroatoms. The van der Waals surface area contributed by atoms with Crippen molar-refractivity contribution in [3.05, 3.63) is 77.7 Å². The monoisotopic (exact) mass is 847 g/mol. The van der Waals surface area contributed by atoms with E-state index in [1.165, 1.54) is 80.9 Å². The van der Waals surface area contributed by atoms with E-state index < -0.39 is 0 Å². The molecule has 0 aliphatic heterocycles. The first-order valence-corrected chi connectivity index (χ1v) is 11.2. The van der Waals surface area contributed by atoms with Gasteiger partial charge in [0.05, 0.1) is 0 Å². The Morgan fingerprint density at radius 3 is 1.77 bits per heavy atom.